The Labute approximate surface area is 131 Å². The minimum atomic E-state index is -0.514. The number of nitro groups is 1. The summed E-state index contributed by atoms with van der Waals surface area (Å²) in [6.45, 7) is 0. The second-order valence-electron chi connectivity index (χ2n) is 3.80. The molecular formula is C13H7Br2NO4. The van der Waals surface area contributed by atoms with Gasteiger partial charge in [-0.2, -0.15) is 0 Å². The molecule has 0 aliphatic carbocycles. The first-order valence-corrected chi connectivity index (χ1v) is 6.96. The molecule has 0 atom stereocenters. The Kier molecular flexibility index (Phi) is 4.51. The molecule has 0 radical (unpaired) electrons. The fourth-order valence-electron chi connectivity index (χ4n) is 1.54. The molecule has 0 spiro atoms. The van der Waals surface area contributed by atoms with Gasteiger partial charge in [0.05, 0.1) is 16.6 Å². The maximum absolute atomic E-state index is 11.0. The summed E-state index contributed by atoms with van der Waals surface area (Å²) in [5.74, 6) is 0.604. The van der Waals surface area contributed by atoms with Crippen molar-refractivity contribution in [2.45, 2.75) is 0 Å². The monoisotopic (exact) mass is 399 g/mol. The first-order chi connectivity index (χ1) is 9.49. The highest BCUT2D eigenvalue weighted by molar-refractivity contribution is 9.10. The van der Waals surface area contributed by atoms with E-state index in [4.69, 9.17) is 4.74 Å². The van der Waals surface area contributed by atoms with Crippen LogP contribution in [-0.2, 0) is 0 Å². The van der Waals surface area contributed by atoms with Crippen LogP contribution in [0.5, 0.6) is 11.5 Å². The average molecular weight is 401 g/mol. The number of ether oxygens (including phenoxy) is 1. The van der Waals surface area contributed by atoms with Crippen molar-refractivity contribution in [1.82, 2.24) is 0 Å². The van der Waals surface area contributed by atoms with Gasteiger partial charge in [0.2, 0.25) is 0 Å². The van der Waals surface area contributed by atoms with Gasteiger partial charge >= 0.3 is 0 Å². The van der Waals surface area contributed by atoms with E-state index in [-0.39, 0.29) is 11.4 Å². The minimum Gasteiger partial charge on any atom is -0.456 e. The Balaban J connectivity index is 2.39. The fraction of sp³-hybridized carbons (Fsp3) is 0. The molecule has 102 valence electrons. The first kappa shape index (κ1) is 14.7. The molecule has 20 heavy (non-hydrogen) atoms. The molecule has 2 aromatic carbocycles. The summed E-state index contributed by atoms with van der Waals surface area (Å²) in [6.07, 6.45) is 0.659. The van der Waals surface area contributed by atoms with Gasteiger partial charge in [0, 0.05) is 15.0 Å². The SMILES string of the molecule is O=Cc1cc(Br)ccc1Oc1cc(Br)cc([N+](=O)[O-])c1. The lowest BCUT2D eigenvalue weighted by atomic mass is 10.2. The van der Waals surface area contributed by atoms with Gasteiger partial charge < -0.3 is 4.74 Å². The summed E-state index contributed by atoms with van der Waals surface area (Å²) >= 11 is 6.43. The van der Waals surface area contributed by atoms with E-state index < -0.39 is 4.92 Å². The van der Waals surface area contributed by atoms with Gasteiger partial charge in [-0.1, -0.05) is 31.9 Å². The Morgan fingerprint density at radius 2 is 1.85 bits per heavy atom. The number of carbonyl (C=O) groups excluding carboxylic acids is 1. The van der Waals surface area contributed by atoms with E-state index in [1.54, 1.807) is 24.3 Å². The lowest BCUT2D eigenvalue weighted by molar-refractivity contribution is -0.385. The predicted octanol–water partition coefficient (Wildman–Crippen LogP) is 4.72. The van der Waals surface area contributed by atoms with Crippen LogP contribution in [-0.4, -0.2) is 11.2 Å². The molecule has 0 aromatic heterocycles. The van der Waals surface area contributed by atoms with E-state index in [1.165, 1.54) is 12.1 Å². The molecule has 0 saturated carbocycles. The number of hydrogen-bond acceptors (Lipinski definition) is 4. The van der Waals surface area contributed by atoms with Crippen molar-refractivity contribution in [3.8, 4) is 11.5 Å². The van der Waals surface area contributed by atoms with Gasteiger partial charge in [-0.15, -0.1) is 0 Å². The molecule has 2 aromatic rings. The number of benzene rings is 2. The van der Waals surface area contributed by atoms with E-state index >= 15 is 0 Å². The second kappa shape index (κ2) is 6.15. The minimum absolute atomic E-state index is 0.0980. The van der Waals surface area contributed by atoms with Crippen LogP contribution in [0.3, 0.4) is 0 Å². The lowest BCUT2D eigenvalue weighted by Gasteiger charge is -2.08. The van der Waals surface area contributed by atoms with Gasteiger partial charge in [-0.05, 0) is 24.3 Å². The molecule has 0 aliphatic heterocycles. The number of aldehydes is 1. The van der Waals surface area contributed by atoms with Crippen LogP contribution < -0.4 is 4.74 Å². The predicted molar refractivity (Wildman–Crippen MR) is 80.4 cm³/mol. The molecule has 2 rings (SSSR count). The topological polar surface area (TPSA) is 69.4 Å². The summed E-state index contributed by atoms with van der Waals surface area (Å²) in [6, 6.07) is 9.18. The van der Waals surface area contributed by atoms with Crippen LogP contribution >= 0.6 is 31.9 Å². The van der Waals surface area contributed by atoms with E-state index in [1.807, 2.05) is 0 Å². The zero-order valence-corrected chi connectivity index (χ0v) is 13.0. The van der Waals surface area contributed by atoms with Gasteiger partial charge in [-0.3, -0.25) is 14.9 Å². The summed E-state index contributed by atoms with van der Waals surface area (Å²) < 4.78 is 6.80. The molecule has 0 aliphatic rings. The molecule has 0 amide bonds. The third-order valence-corrected chi connectivity index (χ3v) is 3.34. The Morgan fingerprint density at radius 1 is 1.10 bits per heavy atom. The highest BCUT2D eigenvalue weighted by Crippen LogP contribution is 2.31. The highest BCUT2D eigenvalue weighted by Gasteiger charge is 2.12. The molecule has 0 saturated heterocycles. The molecule has 0 N–H and O–H groups in total. The number of nitro benzene ring substituents is 1. The molecule has 5 nitrogen and oxygen atoms in total. The van der Waals surface area contributed by atoms with Crippen LogP contribution in [0, 0.1) is 10.1 Å². The van der Waals surface area contributed by atoms with Crippen LogP contribution in [0.1, 0.15) is 10.4 Å². The van der Waals surface area contributed by atoms with Crippen molar-refractivity contribution in [3.63, 3.8) is 0 Å². The van der Waals surface area contributed by atoms with E-state index in [2.05, 4.69) is 31.9 Å². The van der Waals surface area contributed by atoms with Crippen LogP contribution in [0.25, 0.3) is 0 Å². The third-order valence-electron chi connectivity index (χ3n) is 2.39. The zero-order chi connectivity index (χ0) is 14.7. The van der Waals surface area contributed by atoms with Crippen molar-refractivity contribution >= 4 is 43.8 Å². The number of carbonyl (C=O) groups is 1. The third kappa shape index (κ3) is 3.43. The number of hydrogen-bond donors (Lipinski definition) is 0. The summed E-state index contributed by atoms with van der Waals surface area (Å²) in [5, 5.41) is 10.8. The standard InChI is InChI=1S/C13H7Br2NO4/c14-9-1-2-13(8(3-9)7-17)20-12-5-10(15)4-11(6-12)16(18)19/h1-7H. The van der Waals surface area contributed by atoms with Gasteiger partial charge in [0.25, 0.3) is 5.69 Å². The average Bonchev–Trinajstić information content (AvgIpc) is 2.40. The van der Waals surface area contributed by atoms with Crippen molar-refractivity contribution in [2.75, 3.05) is 0 Å². The normalized spacial score (nSPS) is 10.1. The summed E-state index contributed by atoms with van der Waals surface area (Å²) in [7, 11) is 0. The van der Waals surface area contributed by atoms with Gasteiger partial charge in [0.15, 0.2) is 6.29 Å². The lowest BCUT2D eigenvalue weighted by Crippen LogP contribution is -1.93. The fourth-order valence-corrected chi connectivity index (χ4v) is 2.38. The molecule has 0 fully saturated rings. The van der Waals surface area contributed by atoms with Crippen molar-refractivity contribution in [1.29, 1.82) is 0 Å². The maximum atomic E-state index is 11.0. The molecule has 7 heteroatoms. The van der Waals surface area contributed by atoms with Gasteiger partial charge in [-0.25, -0.2) is 0 Å². The number of non-ortho nitro benzene ring substituents is 1. The summed E-state index contributed by atoms with van der Waals surface area (Å²) in [4.78, 5) is 21.3. The quantitative estimate of drug-likeness (QED) is 0.422. The zero-order valence-electron chi connectivity index (χ0n) is 9.88. The molecule has 0 bridgehead atoms. The van der Waals surface area contributed by atoms with E-state index in [0.717, 1.165) is 4.47 Å². The van der Waals surface area contributed by atoms with Crippen LogP contribution in [0.15, 0.2) is 45.3 Å². The highest BCUT2D eigenvalue weighted by atomic mass is 79.9. The maximum Gasteiger partial charge on any atom is 0.274 e. The largest absolute Gasteiger partial charge is 0.456 e. The Hall–Kier alpha value is -1.73. The molecule has 0 unspecified atom stereocenters. The number of halogens is 2. The smallest absolute Gasteiger partial charge is 0.274 e. The number of rotatable bonds is 4. The van der Waals surface area contributed by atoms with E-state index in [9.17, 15) is 14.9 Å². The molecule has 0 heterocycles. The first-order valence-electron chi connectivity index (χ1n) is 5.37. The summed E-state index contributed by atoms with van der Waals surface area (Å²) in [5.41, 5.74) is 0.251. The number of nitrogens with zero attached hydrogens (tertiary/aromatic N) is 1. The van der Waals surface area contributed by atoms with Crippen LogP contribution in [0.2, 0.25) is 0 Å². The van der Waals surface area contributed by atoms with Crippen LogP contribution in [0.4, 0.5) is 5.69 Å². The van der Waals surface area contributed by atoms with E-state index in [0.29, 0.717) is 22.1 Å². The Morgan fingerprint density at radius 3 is 2.50 bits per heavy atom. The van der Waals surface area contributed by atoms with Crippen molar-refractivity contribution < 1.29 is 14.5 Å². The van der Waals surface area contributed by atoms with Crippen molar-refractivity contribution in [2.24, 2.45) is 0 Å². The second-order valence-corrected chi connectivity index (χ2v) is 5.64. The van der Waals surface area contributed by atoms with Gasteiger partial charge in [0.1, 0.15) is 11.5 Å². The Bertz CT molecular complexity index is 688. The molecular weight excluding hydrogens is 394 g/mol. The van der Waals surface area contributed by atoms with Crippen molar-refractivity contribution in [3.05, 3.63) is 61.0 Å².